The summed E-state index contributed by atoms with van der Waals surface area (Å²) in [5, 5.41) is 3.60. The molecule has 0 atom stereocenters. The molecule has 248 valence electrons. The summed E-state index contributed by atoms with van der Waals surface area (Å²) >= 11 is 1.79. The first-order valence-corrected chi connectivity index (χ1v) is 18.4. The summed E-state index contributed by atoms with van der Waals surface area (Å²) in [6.45, 7) is 0. The van der Waals surface area contributed by atoms with Crippen molar-refractivity contribution in [2.75, 3.05) is 0 Å². The van der Waals surface area contributed by atoms with Gasteiger partial charge in [0.1, 0.15) is 0 Å². The van der Waals surface area contributed by atoms with Crippen LogP contribution in [-0.4, -0.2) is 19.9 Å². The highest BCUT2D eigenvalue weighted by atomic mass is 32.1. The normalized spacial score (nSPS) is 11.4. The van der Waals surface area contributed by atoms with E-state index in [0.717, 1.165) is 67.1 Å². The molecular formula is C48H30N4S. The zero-order valence-corrected chi connectivity index (χ0v) is 29.3. The topological polar surface area (TPSA) is 51.6 Å². The third kappa shape index (κ3) is 5.83. The molecule has 10 rings (SSSR count). The Labute approximate surface area is 310 Å². The maximum absolute atomic E-state index is 5.26. The van der Waals surface area contributed by atoms with E-state index in [4.69, 9.17) is 15.0 Å². The number of fused-ring (bicyclic) bond motifs is 4. The molecule has 0 aliphatic heterocycles. The van der Waals surface area contributed by atoms with Gasteiger partial charge in [0.15, 0.2) is 5.82 Å². The van der Waals surface area contributed by atoms with Crippen molar-refractivity contribution >= 4 is 42.4 Å². The van der Waals surface area contributed by atoms with Crippen molar-refractivity contribution < 1.29 is 0 Å². The molecule has 4 heterocycles. The first kappa shape index (κ1) is 31.0. The lowest BCUT2D eigenvalue weighted by Crippen LogP contribution is -1.97. The van der Waals surface area contributed by atoms with Crippen LogP contribution < -0.4 is 0 Å². The van der Waals surface area contributed by atoms with Crippen LogP contribution >= 0.6 is 11.3 Å². The van der Waals surface area contributed by atoms with Crippen LogP contribution in [0.2, 0.25) is 0 Å². The molecule has 0 saturated heterocycles. The number of aromatic nitrogens is 4. The Kier molecular flexibility index (Phi) is 7.63. The van der Waals surface area contributed by atoms with E-state index in [1.807, 2.05) is 48.8 Å². The van der Waals surface area contributed by atoms with E-state index in [9.17, 15) is 0 Å². The van der Waals surface area contributed by atoms with Gasteiger partial charge in [-0.3, -0.25) is 9.97 Å². The van der Waals surface area contributed by atoms with Gasteiger partial charge in [0, 0.05) is 50.3 Å². The Morgan fingerprint density at radius 2 is 1.08 bits per heavy atom. The van der Waals surface area contributed by atoms with Crippen LogP contribution in [0.15, 0.2) is 182 Å². The van der Waals surface area contributed by atoms with Gasteiger partial charge < -0.3 is 0 Å². The number of benzene rings is 6. The van der Waals surface area contributed by atoms with Crippen molar-refractivity contribution in [1.29, 1.82) is 0 Å². The molecule has 5 heteroatoms. The van der Waals surface area contributed by atoms with Crippen LogP contribution in [0.4, 0.5) is 0 Å². The third-order valence-corrected chi connectivity index (χ3v) is 11.0. The second kappa shape index (κ2) is 13.1. The fourth-order valence-corrected chi connectivity index (χ4v) is 8.33. The SMILES string of the molecule is c1ccc(-c2nc(-c3cccc(-c4ccccn4)c3)cc(-c3cc(-c4ccc5ccccc5c4)cc(-c4ccnc5c4sc4ccccc45)c3)n2)cc1. The molecule has 53 heavy (non-hydrogen) atoms. The zero-order valence-electron chi connectivity index (χ0n) is 28.5. The number of rotatable bonds is 6. The summed E-state index contributed by atoms with van der Waals surface area (Å²) in [4.78, 5) is 19.9. The molecule has 0 bridgehead atoms. The van der Waals surface area contributed by atoms with Crippen molar-refractivity contribution in [3.63, 3.8) is 0 Å². The predicted octanol–water partition coefficient (Wildman–Crippen LogP) is 12.8. The van der Waals surface area contributed by atoms with Gasteiger partial charge in [-0.05, 0) is 88.1 Å². The van der Waals surface area contributed by atoms with E-state index in [0.29, 0.717) is 5.82 Å². The number of hydrogen-bond acceptors (Lipinski definition) is 5. The van der Waals surface area contributed by atoms with Crippen LogP contribution in [0.5, 0.6) is 0 Å². The molecule has 0 saturated carbocycles. The first-order valence-electron chi connectivity index (χ1n) is 17.6. The van der Waals surface area contributed by atoms with Crippen LogP contribution in [0, 0.1) is 0 Å². The lowest BCUT2D eigenvalue weighted by Gasteiger charge is -2.14. The van der Waals surface area contributed by atoms with E-state index in [1.54, 1.807) is 11.3 Å². The van der Waals surface area contributed by atoms with Crippen LogP contribution in [0.3, 0.4) is 0 Å². The Morgan fingerprint density at radius 3 is 1.94 bits per heavy atom. The van der Waals surface area contributed by atoms with E-state index in [1.165, 1.54) is 25.6 Å². The van der Waals surface area contributed by atoms with Crippen molar-refractivity contribution in [3.05, 3.63) is 182 Å². The van der Waals surface area contributed by atoms with E-state index >= 15 is 0 Å². The molecule has 0 aliphatic carbocycles. The molecule has 0 unspecified atom stereocenters. The lowest BCUT2D eigenvalue weighted by atomic mass is 9.93. The maximum atomic E-state index is 5.26. The predicted molar refractivity (Wildman–Crippen MR) is 221 cm³/mol. The Hall–Kier alpha value is -6.82. The van der Waals surface area contributed by atoms with Gasteiger partial charge in [-0.2, -0.15) is 0 Å². The molecule has 4 nitrogen and oxygen atoms in total. The Morgan fingerprint density at radius 1 is 0.377 bits per heavy atom. The third-order valence-electron chi connectivity index (χ3n) is 9.76. The minimum atomic E-state index is 0.676. The summed E-state index contributed by atoms with van der Waals surface area (Å²) in [6, 6.07) is 59.5. The van der Waals surface area contributed by atoms with Gasteiger partial charge in [0.25, 0.3) is 0 Å². The Bertz CT molecular complexity index is 2950. The molecule has 0 fully saturated rings. The van der Waals surface area contributed by atoms with Gasteiger partial charge in [0.2, 0.25) is 0 Å². The number of hydrogen-bond donors (Lipinski definition) is 0. The summed E-state index contributed by atoms with van der Waals surface area (Å²) in [5.41, 5.74) is 12.2. The molecule has 4 aromatic heterocycles. The lowest BCUT2D eigenvalue weighted by molar-refractivity contribution is 1.18. The molecule has 10 aromatic rings. The monoisotopic (exact) mass is 694 g/mol. The quantitative estimate of drug-likeness (QED) is 0.174. The summed E-state index contributed by atoms with van der Waals surface area (Å²) in [7, 11) is 0. The maximum Gasteiger partial charge on any atom is 0.160 e. The number of nitrogens with zero attached hydrogens (tertiary/aromatic N) is 4. The first-order chi connectivity index (χ1) is 26.2. The average Bonchev–Trinajstić information content (AvgIpc) is 3.63. The highest BCUT2D eigenvalue weighted by Gasteiger charge is 2.17. The second-order valence-corrected chi connectivity index (χ2v) is 14.2. The van der Waals surface area contributed by atoms with Gasteiger partial charge in [-0.1, -0.05) is 109 Å². The largest absolute Gasteiger partial charge is 0.256 e. The van der Waals surface area contributed by atoms with E-state index < -0.39 is 0 Å². The standard InChI is InChI=1S/C48H30N4S/c1-2-12-32(13-3-1)48-51-43(36-16-10-15-35(26-36)42-18-8-9-23-49-42)30-44(52-48)39-28-37(34-21-20-31-11-4-5-14-33(31)25-34)27-38(29-39)40-22-24-50-46-41-17-6-7-19-45(41)53-47(40)46/h1-30H. The summed E-state index contributed by atoms with van der Waals surface area (Å²) < 4.78 is 2.41. The van der Waals surface area contributed by atoms with Gasteiger partial charge in [-0.15, -0.1) is 11.3 Å². The van der Waals surface area contributed by atoms with E-state index in [2.05, 4.69) is 138 Å². The van der Waals surface area contributed by atoms with Crippen LogP contribution in [0.1, 0.15) is 0 Å². The molecule has 0 radical (unpaired) electrons. The van der Waals surface area contributed by atoms with Crippen molar-refractivity contribution in [2.45, 2.75) is 0 Å². The highest BCUT2D eigenvalue weighted by Crippen LogP contribution is 2.41. The molecular weight excluding hydrogens is 665 g/mol. The fourth-order valence-electron chi connectivity index (χ4n) is 7.13. The van der Waals surface area contributed by atoms with Crippen LogP contribution in [0.25, 0.3) is 98.5 Å². The minimum Gasteiger partial charge on any atom is -0.256 e. The molecule has 0 N–H and O–H groups in total. The van der Waals surface area contributed by atoms with Crippen LogP contribution in [-0.2, 0) is 0 Å². The Balaban J connectivity index is 1.21. The van der Waals surface area contributed by atoms with Crippen molar-refractivity contribution in [2.24, 2.45) is 0 Å². The van der Waals surface area contributed by atoms with E-state index in [-0.39, 0.29) is 0 Å². The fraction of sp³-hybridized carbons (Fsp3) is 0. The summed E-state index contributed by atoms with van der Waals surface area (Å²) in [5.74, 6) is 0.676. The van der Waals surface area contributed by atoms with Gasteiger partial charge >= 0.3 is 0 Å². The minimum absolute atomic E-state index is 0.676. The molecule has 0 aliphatic rings. The van der Waals surface area contributed by atoms with Gasteiger partial charge in [-0.25, -0.2) is 9.97 Å². The highest BCUT2D eigenvalue weighted by molar-refractivity contribution is 7.26. The molecule has 6 aromatic carbocycles. The summed E-state index contributed by atoms with van der Waals surface area (Å²) in [6.07, 6.45) is 3.76. The van der Waals surface area contributed by atoms with Gasteiger partial charge in [0.05, 0.1) is 27.3 Å². The smallest absolute Gasteiger partial charge is 0.160 e. The van der Waals surface area contributed by atoms with Crippen molar-refractivity contribution in [1.82, 2.24) is 19.9 Å². The zero-order chi connectivity index (χ0) is 35.1. The number of pyridine rings is 2. The molecule has 0 amide bonds. The number of thiophene rings is 1. The second-order valence-electron chi connectivity index (χ2n) is 13.1. The molecule has 0 spiro atoms. The van der Waals surface area contributed by atoms with Crippen molar-refractivity contribution in [3.8, 4) is 67.4 Å². The average molecular weight is 695 g/mol.